The molecule has 8 heteroatoms. The lowest BCUT2D eigenvalue weighted by molar-refractivity contribution is -0.136. The third kappa shape index (κ3) is 5.76. The van der Waals surface area contributed by atoms with Crippen LogP contribution in [0.2, 0.25) is 0 Å². The summed E-state index contributed by atoms with van der Waals surface area (Å²) in [5.74, 6) is -0.485. The fourth-order valence-electron chi connectivity index (χ4n) is 5.75. The van der Waals surface area contributed by atoms with Crippen LogP contribution < -0.4 is 15.5 Å². The second-order valence-electron chi connectivity index (χ2n) is 10.1. The molecule has 2 fully saturated rings. The number of aryl methyl sites for hydroxylation is 1. The van der Waals surface area contributed by atoms with E-state index in [1.165, 1.54) is 12.8 Å². The molecule has 2 heterocycles. The molecule has 0 bridgehead atoms. The van der Waals surface area contributed by atoms with Crippen LogP contribution in [0.3, 0.4) is 0 Å². The predicted molar refractivity (Wildman–Crippen MR) is 140 cm³/mol. The van der Waals surface area contributed by atoms with Gasteiger partial charge in [-0.1, -0.05) is 31.0 Å². The number of hydrogen-bond donors (Lipinski definition) is 3. The van der Waals surface area contributed by atoms with E-state index in [0.29, 0.717) is 36.9 Å². The van der Waals surface area contributed by atoms with E-state index in [-0.39, 0.29) is 11.9 Å². The van der Waals surface area contributed by atoms with Gasteiger partial charge in [-0.15, -0.1) is 0 Å². The highest BCUT2D eigenvalue weighted by molar-refractivity contribution is 5.95. The number of ether oxygens (including phenoxy) is 1. The normalized spacial score (nSPS) is 20.6. The second-order valence-corrected chi connectivity index (χ2v) is 10.1. The number of likely N-dealkylation sites (tertiary alicyclic amines) is 1. The molecule has 1 saturated carbocycles. The Morgan fingerprint density at radius 3 is 2.59 bits per heavy atom. The van der Waals surface area contributed by atoms with E-state index < -0.39 is 11.8 Å². The van der Waals surface area contributed by atoms with Gasteiger partial charge in [-0.3, -0.25) is 24.7 Å². The third-order valence-electron chi connectivity index (χ3n) is 7.69. The summed E-state index contributed by atoms with van der Waals surface area (Å²) in [5, 5.41) is 13.3. The summed E-state index contributed by atoms with van der Waals surface area (Å²) in [7, 11) is 0. The van der Waals surface area contributed by atoms with Crippen molar-refractivity contribution in [1.82, 2.24) is 20.7 Å². The lowest BCUT2D eigenvalue weighted by atomic mass is 9.89. The topological polar surface area (TPSA) is 104 Å². The molecule has 1 aromatic heterocycles. The van der Waals surface area contributed by atoms with Gasteiger partial charge in [0.1, 0.15) is 12.4 Å². The van der Waals surface area contributed by atoms with Crippen molar-refractivity contribution >= 4 is 22.7 Å². The van der Waals surface area contributed by atoms with Gasteiger partial charge < -0.3 is 10.1 Å². The molecule has 1 aliphatic carbocycles. The average molecular weight is 503 g/mol. The van der Waals surface area contributed by atoms with E-state index >= 15 is 0 Å². The standard InChI is InChI=1S/C29H34N4O4/c1-19-16-21(24-8-4-5-9-26(24)30-19)18-37-23-12-10-20(11-13-23)28(34)31-27-17-33(22-6-2-3-7-22)15-14-25(27)29(35)32-36/h4-5,8-13,16,22,25,27,36H,2-3,6-7,14-15,17-18H2,1H3,(H,31,34)(H,32,35). The number of aromatic nitrogens is 1. The first-order valence-corrected chi connectivity index (χ1v) is 13.1. The Bertz CT molecular complexity index is 1260. The number of hydrogen-bond acceptors (Lipinski definition) is 6. The molecule has 5 rings (SSSR count). The molecule has 2 aliphatic rings. The molecule has 8 nitrogen and oxygen atoms in total. The number of rotatable bonds is 7. The fourth-order valence-corrected chi connectivity index (χ4v) is 5.75. The molecule has 1 saturated heterocycles. The summed E-state index contributed by atoms with van der Waals surface area (Å²) in [4.78, 5) is 32.4. The molecule has 2 amide bonds. The summed E-state index contributed by atoms with van der Waals surface area (Å²) in [6.45, 7) is 3.77. The number of carbonyl (C=O) groups is 2. The highest BCUT2D eigenvalue weighted by atomic mass is 16.5. The van der Waals surface area contributed by atoms with Crippen LogP contribution in [-0.2, 0) is 11.4 Å². The van der Waals surface area contributed by atoms with Gasteiger partial charge in [-0.25, -0.2) is 5.48 Å². The van der Waals surface area contributed by atoms with Crippen LogP contribution in [0.15, 0.2) is 54.6 Å². The molecular formula is C29H34N4O4. The van der Waals surface area contributed by atoms with Gasteiger partial charge in [0.2, 0.25) is 5.91 Å². The zero-order valence-corrected chi connectivity index (χ0v) is 21.2. The van der Waals surface area contributed by atoms with Crippen molar-refractivity contribution in [3.05, 3.63) is 71.4 Å². The third-order valence-corrected chi connectivity index (χ3v) is 7.69. The first-order chi connectivity index (χ1) is 18.0. The highest BCUT2D eigenvalue weighted by Gasteiger charge is 2.37. The first kappa shape index (κ1) is 25.2. The Kier molecular flexibility index (Phi) is 7.67. The van der Waals surface area contributed by atoms with Gasteiger partial charge in [-0.05, 0) is 69.1 Å². The molecule has 37 heavy (non-hydrogen) atoms. The zero-order chi connectivity index (χ0) is 25.8. The molecule has 2 atom stereocenters. The van der Waals surface area contributed by atoms with Crippen molar-refractivity contribution in [3.63, 3.8) is 0 Å². The van der Waals surface area contributed by atoms with Crippen LogP contribution in [0.25, 0.3) is 10.9 Å². The number of nitrogens with one attached hydrogen (secondary N) is 2. The number of piperidine rings is 1. The molecule has 3 N–H and O–H groups in total. The Balaban J connectivity index is 1.23. The maximum absolute atomic E-state index is 13.1. The first-order valence-electron chi connectivity index (χ1n) is 13.1. The van der Waals surface area contributed by atoms with Crippen LogP contribution in [0, 0.1) is 12.8 Å². The quantitative estimate of drug-likeness (QED) is 0.333. The van der Waals surface area contributed by atoms with Crippen LogP contribution in [-0.4, -0.2) is 52.1 Å². The molecule has 3 aromatic rings. The number of fused-ring (bicyclic) bond motifs is 1. The number of amides is 2. The predicted octanol–water partition coefficient (Wildman–Crippen LogP) is 3.99. The lowest BCUT2D eigenvalue weighted by Gasteiger charge is -2.40. The number of pyridine rings is 1. The molecule has 0 radical (unpaired) electrons. The highest BCUT2D eigenvalue weighted by Crippen LogP contribution is 2.28. The largest absolute Gasteiger partial charge is 0.489 e. The number of hydroxylamine groups is 1. The summed E-state index contributed by atoms with van der Waals surface area (Å²) in [6.07, 6.45) is 5.37. The number of para-hydroxylation sites is 1. The summed E-state index contributed by atoms with van der Waals surface area (Å²) in [6, 6.07) is 17.2. The lowest BCUT2D eigenvalue weighted by Crippen LogP contribution is -2.57. The van der Waals surface area contributed by atoms with Crippen LogP contribution in [0.1, 0.15) is 53.7 Å². The van der Waals surface area contributed by atoms with E-state index in [0.717, 1.165) is 41.5 Å². The van der Waals surface area contributed by atoms with E-state index in [9.17, 15) is 14.8 Å². The van der Waals surface area contributed by atoms with Crippen molar-refractivity contribution in [2.24, 2.45) is 5.92 Å². The number of carbonyl (C=O) groups excluding carboxylic acids is 2. The van der Waals surface area contributed by atoms with E-state index in [1.54, 1.807) is 29.7 Å². The minimum absolute atomic E-state index is 0.240. The Morgan fingerprint density at radius 1 is 1.08 bits per heavy atom. The molecule has 2 aromatic carbocycles. The second kappa shape index (κ2) is 11.3. The Morgan fingerprint density at radius 2 is 1.84 bits per heavy atom. The van der Waals surface area contributed by atoms with Crippen molar-refractivity contribution in [2.45, 2.75) is 57.7 Å². The van der Waals surface area contributed by atoms with Gasteiger partial charge in [-0.2, -0.15) is 0 Å². The summed E-state index contributed by atoms with van der Waals surface area (Å²) in [5.41, 5.74) is 5.22. The van der Waals surface area contributed by atoms with Crippen molar-refractivity contribution in [1.29, 1.82) is 0 Å². The van der Waals surface area contributed by atoms with Crippen molar-refractivity contribution in [3.8, 4) is 5.75 Å². The van der Waals surface area contributed by atoms with Crippen LogP contribution in [0.4, 0.5) is 0 Å². The SMILES string of the molecule is Cc1cc(COc2ccc(C(=O)NC3CN(C4CCCC4)CCC3C(=O)NO)cc2)c2ccccc2n1. The van der Waals surface area contributed by atoms with Crippen LogP contribution >= 0.6 is 0 Å². The monoisotopic (exact) mass is 502 g/mol. The zero-order valence-electron chi connectivity index (χ0n) is 21.2. The number of benzene rings is 2. The molecule has 1 aliphatic heterocycles. The van der Waals surface area contributed by atoms with E-state index in [2.05, 4.69) is 15.2 Å². The smallest absolute Gasteiger partial charge is 0.251 e. The summed E-state index contributed by atoms with van der Waals surface area (Å²) >= 11 is 0. The van der Waals surface area contributed by atoms with Gasteiger partial charge in [0.15, 0.2) is 0 Å². The summed E-state index contributed by atoms with van der Waals surface area (Å²) < 4.78 is 6.03. The van der Waals surface area contributed by atoms with Gasteiger partial charge in [0.25, 0.3) is 5.91 Å². The Labute approximate surface area is 217 Å². The molecule has 194 valence electrons. The molecule has 2 unspecified atom stereocenters. The maximum Gasteiger partial charge on any atom is 0.251 e. The van der Waals surface area contributed by atoms with Crippen molar-refractivity contribution < 1.29 is 19.5 Å². The minimum atomic E-state index is -0.465. The van der Waals surface area contributed by atoms with Gasteiger partial charge in [0, 0.05) is 34.8 Å². The maximum atomic E-state index is 13.1. The molecule has 0 spiro atoms. The van der Waals surface area contributed by atoms with E-state index in [1.807, 2.05) is 37.3 Å². The Hall–Kier alpha value is -3.49. The molecular weight excluding hydrogens is 468 g/mol. The number of nitrogens with zero attached hydrogens (tertiary/aromatic N) is 2. The van der Waals surface area contributed by atoms with Gasteiger partial charge >= 0.3 is 0 Å². The minimum Gasteiger partial charge on any atom is -0.489 e. The average Bonchev–Trinajstić information content (AvgIpc) is 3.46. The van der Waals surface area contributed by atoms with E-state index in [4.69, 9.17) is 4.74 Å². The van der Waals surface area contributed by atoms with Gasteiger partial charge in [0.05, 0.1) is 17.5 Å². The van der Waals surface area contributed by atoms with Crippen molar-refractivity contribution in [2.75, 3.05) is 13.1 Å². The van der Waals surface area contributed by atoms with Crippen LogP contribution in [0.5, 0.6) is 5.75 Å². The fraction of sp³-hybridized carbons (Fsp3) is 0.414.